The third-order valence-corrected chi connectivity index (χ3v) is 4.60. The number of esters is 1. The van der Waals surface area contributed by atoms with Crippen molar-refractivity contribution in [1.82, 2.24) is 10.2 Å². The highest BCUT2D eigenvalue weighted by molar-refractivity contribution is 7.89. The second kappa shape index (κ2) is 8.95. The molecule has 0 saturated heterocycles. The van der Waals surface area contributed by atoms with Gasteiger partial charge in [-0.1, -0.05) is 17.7 Å². The molecular formula is C16H18ClN5O5S. The molecule has 1 heterocycles. The van der Waals surface area contributed by atoms with E-state index in [4.69, 9.17) is 21.5 Å². The summed E-state index contributed by atoms with van der Waals surface area (Å²) < 4.78 is 27.8. The Hall–Kier alpha value is -2.76. The summed E-state index contributed by atoms with van der Waals surface area (Å²) in [5.41, 5.74) is 0.202. The Balaban J connectivity index is 1.93. The lowest BCUT2D eigenvalue weighted by molar-refractivity contribution is -0.151. The summed E-state index contributed by atoms with van der Waals surface area (Å²) in [5.74, 6) is -0.896. The van der Waals surface area contributed by atoms with Crippen LogP contribution >= 0.6 is 11.6 Å². The Bertz CT molecular complexity index is 968. The normalized spacial score (nSPS) is 12.1. The van der Waals surface area contributed by atoms with E-state index >= 15 is 0 Å². The number of amides is 1. The average Bonchev–Trinajstić information content (AvgIpc) is 2.61. The van der Waals surface area contributed by atoms with Gasteiger partial charge in [-0.2, -0.15) is 0 Å². The monoisotopic (exact) mass is 427 g/mol. The van der Waals surface area contributed by atoms with E-state index in [2.05, 4.69) is 15.5 Å². The molecule has 1 amide bonds. The minimum Gasteiger partial charge on any atom is -0.451 e. The number of primary sulfonamides is 1. The summed E-state index contributed by atoms with van der Waals surface area (Å²) in [6.45, 7) is 1.22. The Morgan fingerprint density at radius 3 is 2.61 bits per heavy atom. The molecule has 10 nitrogen and oxygen atoms in total. The van der Waals surface area contributed by atoms with Crippen LogP contribution in [0.3, 0.4) is 0 Å². The SMILES string of the molecule is CC(OC(=O)CN(C)c1ccc(Cl)nn1)C(=O)Nc1cccc(S(N)(=O)=O)c1. The molecule has 0 aliphatic carbocycles. The number of ether oxygens (including phenoxy) is 1. The molecule has 1 atom stereocenters. The molecule has 0 saturated carbocycles. The van der Waals surface area contributed by atoms with Crippen molar-refractivity contribution in [3.8, 4) is 0 Å². The number of hydrogen-bond acceptors (Lipinski definition) is 8. The van der Waals surface area contributed by atoms with Gasteiger partial charge < -0.3 is 15.0 Å². The molecule has 12 heteroatoms. The minimum absolute atomic E-state index is 0.152. The van der Waals surface area contributed by atoms with Crippen molar-refractivity contribution in [3.05, 3.63) is 41.6 Å². The van der Waals surface area contributed by atoms with Gasteiger partial charge in [0.15, 0.2) is 17.1 Å². The molecule has 0 bridgehead atoms. The van der Waals surface area contributed by atoms with E-state index in [0.29, 0.717) is 5.82 Å². The Kier molecular flexibility index (Phi) is 6.89. The van der Waals surface area contributed by atoms with Crippen LogP contribution in [0.25, 0.3) is 0 Å². The molecule has 0 radical (unpaired) electrons. The molecule has 150 valence electrons. The number of nitrogens with two attached hydrogens (primary N) is 1. The number of carbonyl (C=O) groups is 2. The standard InChI is InChI=1S/C16H18ClN5O5S/c1-10(16(24)19-11-4-3-5-12(8-11)28(18,25)26)27-15(23)9-22(2)14-7-6-13(17)20-21-14/h3-8,10H,9H2,1-2H3,(H,19,24)(H2,18,25,26). The predicted octanol–water partition coefficient (Wildman–Crippen LogP) is 0.784. The van der Waals surface area contributed by atoms with Gasteiger partial charge in [0.2, 0.25) is 10.0 Å². The fraction of sp³-hybridized carbons (Fsp3) is 0.250. The second-order valence-corrected chi connectivity index (χ2v) is 7.71. The van der Waals surface area contributed by atoms with E-state index in [1.807, 2.05) is 0 Å². The first kappa shape index (κ1) is 21.5. The maximum atomic E-state index is 12.2. The van der Waals surface area contributed by atoms with Gasteiger partial charge in [0, 0.05) is 12.7 Å². The number of nitrogens with zero attached hydrogens (tertiary/aromatic N) is 3. The van der Waals surface area contributed by atoms with E-state index in [9.17, 15) is 18.0 Å². The lowest BCUT2D eigenvalue weighted by atomic mass is 10.3. The number of carbonyl (C=O) groups excluding carboxylic acids is 2. The van der Waals surface area contributed by atoms with Crippen LogP contribution < -0.4 is 15.4 Å². The number of anilines is 2. The van der Waals surface area contributed by atoms with Crippen LogP contribution in [0.4, 0.5) is 11.5 Å². The van der Waals surface area contributed by atoms with Gasteiger partial charge in [-0.15, -0.1) is 10.2 Å². The fourth-order valence-electron chi connectivity index (χ4n) is 2.07. The molecule has 0 fully saturated rings. The summed E-state index contributed by atoms with van der Waals surface area (Å²) >= 11 is 5.66. The number of halogens is 1. The van der Waals surface area contributed by atoms with Crippen LogP contribution in [-0.4, -0.2) is 50.2 Å². The Morgan fingerprint density at radius 2 is 2.00 bits per heavy atom. The van der Waals surface area contributed by atoms with E-state index in [1.54, 1.807) is 13.1 Å². The van der Waals surface area contributed by atoms with E-state index < -0.39 is 28.0 Å². The van der Waals surface area contributed by atoms with Crippen LogP contribution in [0, 0.1) is 0 Å². The van der Waals surface area contributed by atoms with Crippen LogP contribution in [0.15, 0.2) is 41.3 Å². The molecule has 0 aliphatic heterocycles. The van der Waals surface area contributed by atoms with Crippen LogP contribution in [-0.2, 0) is 24.3 Å². The van der Waals surface area contributed by atoms with Crippen LogP contribution in [0.2, 0.25) is 5.15 Å². The van der Waals surface area contributed by atoms with Gasteiger partial charge in [-0.25, -0.2) is 13.6 Å². The highest BCUT2D eigenvalue weighted by atomic mass is 35.5. The van der Waals surface area contributed by atoms with Crippen LogP contribution in [0.1, 0.15) is 6.92 Å². The number of rotatable bonds is 7. The lowest BCUT2D eigenvalue weighted by Crippen LogP contribution is -2.35. The predicted molar refractivity (Wildman–Crippen MR) is 102 cm³/mol. The van der Waals surface area contributed by atoms with Crippen molar-refractivity contribution in [2.24, 2.45) is 5.14 Å². The summed E-state index contributed by atoms with van der Waals surface area (Å²) in [6, 6.07) is 8.51. The van der Waals surface area contributed by atoms with Crippen molar-refractivity contribution in [1.29, 1.82) is 0 Å². The summed E-state index contributed by atoms with van der Waals surface area (Å²) in [7, 11) is -2.30. The first-order valence-electron chi connectivity index (χ1n) is 7.90. The number of likely N-dealkylation sites (N-methyl/N-ethyl adjacent to an activating group) is 1. The zero-order valence-electron chi connectivity index (χ0n) is 15.0. The minimum atomic E-state index is -3.90. The maximum absolute atomic E-state index is 12.2. The highest BCUT2D eigenvalue weighted by Gasteiger charge is 2.20. The van der Waals surface area contributed by atoms with Gasteiger partial charge >= 0.3 is 5.97 Å². The number of sulfonamides is 1. The number of nitrogens with one attached hydrogen (secondary N) is 1. The molecule has 1 unspecified atom stereocenters. The van der Waals surface area contributed by atoms with Gasteiger partial charge in [0.1, 0.15) is 6.54 Å². The maximum Gasteiger partial charge on any atom is 0.326 e. The largest absolute Gasteiger partial charge is 0.451 e. The molecule has 2 rings (SSSR count). The molecular weight excluding hydrogens is 410 g/mol. The number of benzene rings is 1. The molecule has 0 aliphatic rings. The van der Waals surface area contributed by atoms with Crippen molar-refractivity contribution in [2.45, 2.75) is 17.9 Å². The first-order chi connectivity index (χ1) is 13.1. The molecule has 28 heavy (non-hydrogen) atoms. The first-order valence-corrected chi connectivity index (χ1v) is 9.82. The summed E-state index contributed by atoms with van der Waals surface area (Å²) in [5, 5.41) is 15.2. The molecule has 1 aromatic heterocycles. The molecule has 3 N–H and O–H groups in total. The van der Waals surface area contributed by atoms with E-state index in [-0.39, 0.29) is 22.3 Å². The van der Waals surface area contributed by atoms with Crippen molar-refractivity contribution in [3.63, 3.8) is 0 Å². The quantitative estimate of drug-likeness (QED) is 0.616. The van der Waals surface area contributed by atoms with Gasteiger partial charge in [0.25, 0.3) is 5.91 Å². The average molecular weight is 428 g/mol. The van der Waals surface area contributed by atoms with Gasteiger partial charge in [-0.3, -0.25) is 9.59 Å². The zero-order valence-corrected chi connectivity index (χ0v) is 16.6. The third-order valence-electron chi connectivity index (χ3n) is 3.48. The molecule has 1 aromatic carbocycles. The molecule has 0 spiro atoms. The van der Waals surface area contributed by atoms with Crippen molar-refractivity contribution in [2.75, 3.05) is 23.8 Å². The zero-order chi connectivity index (χ0) is 20.9. The second-order valence-electron chi connectivity index (χ2n) is 5.76. The van der Waals surface area contributed by atoms with Crippen molar-refractivity contribution < 1.29 is 22.7 Å². The Labute approximate surface area is 166 Å². The van der Waals surface area contributed by atoms with Crippen LogP contribution in [0.5, 0.6) is 0 Å². The summed E-state index contributed by atoms with van der Waals surface area (Å²) in [6.07, 6.45) is -1.12. The highest BCUT2D eigenvalue weighted by Crippen LogP contribution is 2.15. The smallest absolute Gasteiger partial charge is 0.326 e. The third kappa shape index (κ3) is 6.15. The number of hydrogen-bond donors (Lipinski definition) is 2. The fourth-order valence-corrected chi connectivity index (χ4v) is 2.73. The van der Waals surface area contributed by atoms with Gasteiger partial charge in [-0.05, 0) is 37.3 Å². The Morgan fingerprint density at radius 1 is 1.29 bits per heavy atom. The number of aromatic nitrogens is 2. The lowest BCUT2D eigenvalue weighted by Gasteiger charge is -2.18. The van der Waals surface area contributed by atoms with Crippen molar-refractivity contribution >= 4 is 45.0 Å². The molecule has 2 aromatic rings. The van der Waals surface area contributed by atoms with Gasteiger partial charge in [0.05, 0.1) is 4.90 Å². The van der Waals surface area contributed by atoms with E-state index in [1.165, 1.54) is 42.2 Å². The summed E-state index contributed by atoms with van der Waals surface area (Å²) in [4.78, 5) is 25.5. The van der Waals surface area contributed by atoms with E-state index in [0.717, 1.165) is 0 Å². The topological polar surface area (TPSA) is 145 Å².